The van der Waals surface area contributed by atoms with Crippen LogP contribution in [0.3, 0.4) is 0 Å². The highest BCUT2D eigenvalue weighted by molar-refractivity contribution is 6.30. The normalized spacial score (nSPS) is 11.9. The summed E-state index contributed by atoms with van der Waals surface area (Å²) in [6.07, 6.45) is 2.26. The van der Waals surface area contributed by atoms with Crippen molar-refractivity contribution < 1.29 is 4.79 Å². The number of amides is 1. The largest absolute Gasteiger partial charge is 0.345 e. The number of hydrogen-bond donors (Lipinski definition) is 1. The molecule has 0 aliphatic rings. The van der Waals surface area contributed by atoms with Gasteiger partial charge in [-0.05, 0) is 52.7 Å². The van der Waals surface area contributed by atoms with E-state index in [9.17, 15) is 4.79 Å². The van der Waals surface area contributed by atoms with E-state index in [0.29, 0.717) is 10.6 Å². The summed E-state index contributed by atoms with van der Waals surface area (Å²) < 4.78 is 1.51. The molecule has 1 amide bonds. The number of rotatable bonds is 5. The Morgan fingerprint density at radius 1 is 1.25 bits per heavy atom. The molecule has 1 aromatic heterocycles. The highest BCUT2D eigenvalue weighted by Gasteiger charge is 2.14. The Labute approximate surface area is 144 Å². The standard InChI is InChI=1S/C17H16ClN5O/c1-2-16(12-6-8-14(18)9-7-12)20-17(24)13-4-3-5-15(10-13)23-11-19-21-22-23/h3-11,16H,2H2,1H3,(H,20,24). The average molecular weight is 342 g/mol. The second-order valence-corrected chi connectivity index (χ2v) is 5.73. The number of nitrogens with one attached hydrogen (secondary N) is 1. The quantitative estimate of drug-likeness (QED) is 0.773. The molecule has 0 radical (unpaired) electrons. The third-order valence-electron chi connectivity index (χ3n) is 3.71. The molecule has 6 nitrogen and oxygen atoms in total. The van der Waals surface area contributed by atoms with E-state index in [-0.39, 0.29) is 11.9 Å². The van der Waals surface area contributed by atoms with Gasteiger partial charge >= 0.3 is 0 Å². The van der Waals surface area contributed by atoms with Gasteiger partial charge in [0.1, 0.15) is 6.33 Å². The molecule has 0 saturated heterocycles. The minimum absolute atomic E-state index is 0.0774. The third-order valence-corrected chi connectivity index (χ3v) is 3.96. The molecule has 122 valence electrons. The number of aromatic nitrogens is 4. The van der Waals surface area contributed by atoms with Gasteiger partial charge in [0.05, 0.1) is 11.7 Å². The molecule has 2 aromatic carbocycles. The van der Waals surface area contributed by atoms with Crippen LogP contribution in [-0.4, -0.2) is 26.1 Å². The molecule has 0 fully saturated rings. The summed E-state index contributed by atoms with van der Waals surface area (Å²) in [6, 6.07) is 14.6. The fourth-order valence-electron chi connectivity index (χ4n) is 2.43. The zero-order valence-electron chi connectivity index (χ0n) is 13.1. The van der Waals surface area contributed by atoms with Gasteiger partial charge in [0.2, 0.25) is 0 Å². The number of nitrogens with zero attached hydrogens (tertiary/aromatic N) is 4. The number of halogens is 1. The van der Waals surface area contributed by atoms with Crippen molar-refractivity contribution in [2.45, 2.75) is 19.4 Å². The molecule has 1 N–H and O–H groups in total. The fourth-order valence-corrected chi connectivity index (χ4v) is 2.55. The molecule has 7 heteroatoms. The Hall–Kier alpha value is -2.73. The zero-order valence-corrected chi connectivity index (χ0v) is 13.8. The van der Waals surface area contributed by atoms with Crippen molar-refractivity contribution in [2.75, 3.05) is 0 Å². The van der Waals surface area contributed by atoms with Gasteiger partial charge in [-0.15, -0.1) is 5.10 Å². The van der Waals surface area contributed by atoms with Crippen molar-refractivity contribution in [1.82, 2.24) is 25.5 Å². The van der Waals surface area contributed by atoms with E-state index < -0.39 is 0 Å². The van der Waals surface area contributed by atoms with E-state index in [1.165, 1.54) is 11.0 Å². The van der Waals surface area contributed by atoms with Crippen molar-refractivity contribution in [2.24, 2.45) is 0 Å². The number of carbonyl (C=O) groups excluding carboxylic acids is 1. The first-order valence-electron chi connectivity index (χ1n) is 7.57. The van der Waals surface area contributed by atoms with Crippen LogP contribution < -0.4 is 5.32 Å². The van der Waals surface area contributed by atoms with Crippen molar-refractivity contribution >= 4 is 17.5 Å². The Morgan fingerprint density at radius 3 is 2.71 bits per heavy atom. The lowest BCUT2D eigenvalue weighted by Gasteiger charge is -2.18. The summed E-state index contributed by atoms with van der Waals surface area (Å²) in [5.74, 6) is -0.147. The third kappa shape index (κ3) is 3.60. The van der Waals surface area contributed by atoms with Gasteiger partial charge in [0.15, 0.2) is 0 Å². The van der Waals surface area contributed by atoms with Crippen molar-refractivity contribution in [1.29, 1.82) is 0 Å². The van der Waals surface area contributed by atoms with Crippen LogP contribution in [-0.2, 0) is 0 Å². The first kappa shape index (κ1) is 16.1. The zero-order chi connectivity index (χ0) is 16.9. The van der Waals surface area contributed by atoms with Gasteiger partial charge in [-0.3, -0.25) is 4.79 Å². The summed E-state index contributed by atoms with van der Waals surface area (Å²) in [4.78, 5) is 12.6. The van der Waals surface area contributed by atoms with Crippen LogP contribution in [0.4, 0.5) is 0 Å². The second kappa shape index (κ2) is 7.23. The maximum Gasteiger partial charge on any atom is 0.251 e. The molecule has 1 heterocycles. The summed E-state index contributed by atoms with van der Waals surface area (Å²) in [5, 5.41) is 14.8. The Bertz CT molecular complexity index is 817. The van der Waals surface area contributed by atoms with Crippen LogP contribution >= 0.6 is 11.6 Å². The fraction of sp³-hybridized carbons (Fsp3) is 0.176. The first-order chi connectivity index (χ1) is 11.7. The van der Waals surface area contributed by atoms with Crippen molar-refractivity contribution in [3.05, 3.63) is 71.0 Å². The van der Waals surface area contributed by atoms with Crippen LogP contribution in [0.15, 0.2) is 54.9 Å². The predicted octanol–water partition coefficient (Wildman–Crippen LogP) is 3.20. The van der Waals surface area contributed by atoms with Crippen LogP contribution in [0.5, 0.6) is 0 Å². The average Bonchev–Trinajstić information content (AvgIpc) is 3.15. The van der Waals surface area contributed by atoms with Gasteiger partial charge in [-0.25, -0.2) is 4.68 Å². The monoisotopic (exact) mass is 341 g/mol. The smallest absolute Gasteiger partial charge is 0.251 e. The lowest BCUT2D eigenvalue weighted by molar-refractivity contribution is 0.0935. The Kier molecular flexibility index (Phi) is 4.86. The van der Waals surface area contributed by atoms with Crippen molar-refractivity contribution in [3.8, 4) is 5.69 Å². The van der Waals surface area contributed by atoms with Crippen molar-refractivity contribution in [3.63, 3.8) is 0 Å². The van der Waals surface area contributed by atoms with E-state index in [4.69, 9.17) is 11.6 Å². The van der Waals surface area contributed by atoms with E-state index in [2.05, 4.69) is 20.8 Å². The summed E-state index contributed by atoms with van der Waals surface area (Å²) >= 11 is 5.92. The van der Waals surface area contributed by atoms with Gasteiger partial charge in [0.25, 0.3) is 5.91 Å². The summed E-state index contributed by atoms with van der Waals surface area (Å²) in [6.45, 7) is 2.02. The highest BCUT2D eigenvalue weighted by atomic mass is 35.5. The Morgan fingerprint density at radius 2 is 2.04 bits per heavy atom. The number of hydrogen-bond acceptors (Lipinski definition) is 4. The molecule has 0 saturated carbocycles. The highest BCUT2D eigenvalue weighted by Crippen LogP contribution is 2.20. The number of benzene rings is 2. The van der Waals surface area contributed by atoms with Crippen LogP contribution in [0.25, 0.3) is 5.69 Å². The Balaban J connectivity index is 1.78. The molecule has 3 rings (SSSR count). The molecule has 3 aromatic rings. The van der Waals surface area contributed by atoms with Gasteiger partial charge < -0.3 is 5.32 Å². The topological polar surface area (TPSA) is 72.7 Å². The van der Waals surface area contributed by atoms with E-state index in [0.717, 1.165) is 17.7 Å². The number of carbonyl (C=O) groups is 1. The molecular formula is C17H16ClN5O. The van der Waals surface area contributed by atoms with Gasteiger partial charge in [-0.1, -0.05) is 36.7 Å². The summed E-state index contributed by atoms with van der Waals surface area (Å²) in [5.41, 5.74) is 2.30. The number of tetrazole rings is 1. The molecule has 0 bridgehead atoms. The lowest BCUT2D eigenvalue weighted by Crippen LogP contribution is -2.28. The van der Waals surface area contributed by atoms with E-state index >= 15 is 0 Å². The molecule has 24 heavy (non-hydrogen) atoms. The molecule has 1 unspecified atom stereocenters. The van der Waals surface area contributed by atoms with Crippen LogP contribution in [0.1, 0.15) is 35.3 Å². The first-order valence-corrected chi connectivity index (χ1v) is 7.95. The SMILES string of the molecule is CCC(NC(=O)c1cccc(-n2cnnn2)c1)c1ccc(Cl)cc1. The summed E-state index contributed by atoms with van der Waals surface area (Å²) in [7, 11) is 0. The van der Waals surface area contributed by atoms with E-state index in [1.54, 1.807) is 18.2 Å². The van der Waals surface area contributed by atoms with Crippen LogP contribution in [0, 0.1) is 0 Å². The second-order valence-electron chi connectivity index (χ2n) is 5.29. The molecule has 0 aliphatic carbocycles. The molecule has 0 spiro atoms. The van der Waals surface area contributed by atoms with Crippen LogP contribution in [0.2, 0.25) is 5.02 Å². The maximum atomic E-state index is 12.6. The molecule has 0 aliphatic heterocycles. The lowest BCUT2D eigenvalue weighted by atomic mass is 10.0. The van der Waals surface area contributed by atoms with Gasteiger partial charge in [-0.2, -0.15) is 0 Å². The van der Waals surface area contributed by atoms with Gasteiger partial charge in [0, 0.05) is 10.6 Å². The maximum absolute atomic E-state index is 12.6. The minimum atomic E-state index is -0.147. The molecule has 1 atom stereocenters. The predicted molar refractivity (Wildman–Crippen MR) is 91.1 cm³/mol. The van der Waals surface area contributed by atoms with E-state index in [1.807, 2.05) is 37.3 Å². The molecular weight excluding hydrogens is 326 g/mol. The minimum Gasteiger partial charge on any atom is -0.345 e.